The van der Waals surface area contributed by atoms with Crippen LogP contribution in [0.4, 0.5) is 5.69 Å². The number of carbonyl (C=O) groups is 1. The Morgan fingerprint density at radius 3 is 2.34 bits per heavy atom. The van der Waals surface area contributed by atoms with Crippen molar-refractivity contribution in [2.75, 3.05) is 38.5 Å². The second kappa shape index (κ2) is 9.07. The Labute approximate surface area is 186 Å². The van der Waals surface area contributed by atoms with Crippen molar-refractivity contribution in [3.8, 4) is 11.3 Å². The number of carbonyl (C=O) groups excluding carboxylic acids is 1. The Bertz CT molecular complexity index is 1280. The topological polar surface area (TPSA) is 103 Å². The van der Waals surface area contributed by atoms with Gasteiger partial charge in [0.2, 0.25) is 10.0 Å². The van der Waals surface area contributed by atoms with Crippen molar-refractivity contribution >= 4 is 21.6 Å². The second-order valence-corrected chi connectivity index (χ2v) is 9.61. The molecule has 1 amide bonds. The first-order valence-electron chi connectivity index (χ1n) is 10.2. The first-order chi connectivity index (χ1) is 15.3. The summed E-state index contributed by atoms with van der Waals surface area (Å²) in [7, 11) is -1.71. The molecule has 1 saturated heterocycles. The number of piperazine rings is 1. The number of pyridine rings is 1. The van der Waals surface area contributed by atoms with Crippen molar-refractivity contribution in [1.29, 1.82) is 0 Å². The molecular formula is C23H24N4O4S. The molecule has 4 rings (SSSR count). The van der Waals surface area contributed by atoms with Crippen LogP contribution in [0.25, 0.3) is 11.3 Å². The Morgan fingerprint density at radius 1 is 0.938 bits per heavy atom. The number of anilines is 1. The molecule has 0 radical (unpaired) electrons. The van der Waals surface area contributed by atoms with Crippen LogP contribution in [0, 0.1) is 0 Å². The van der Waals surface area contributed by atoms with E-state index in [-0.39, 0.29) is 10.5 Å². The lowest BCUT2D eigenvalue weighted by Crippen LogP contribution is -2.47. The van der Waals surface area contributed by atoms with E-state index in [4.69, 9.17) is 0 Å². The van der Waals surface area contributed by atoms with Crippen molar-refractivity contribution in [3.05, 3.63) is 82.6 Å². The number of aromatic amines is 1. The van der Waals surface area contributed by atoms with Crippen LogP contribution < -0.4 is 10.9 Å². The second-order valence-electron chi connectivity index (χ2n) is 7.67. The third-order valence-electron chi connectivity index (χ3n) is 5.43. The number of amides is 1. The van der Waals surface area contributed by atoms with Gasteiger partial charge < -0.3 is 15.2 Å². The lowest BCUT2D eigenvalue weighted by atomic mass is 10.1. The molecule has 9 heteroatoms. The third kappa shape index (κ3) is 4.64. The number of sulfonamides is 1. The number of nitrogens with one attached hydrogen (secondary N) is 2. The standard InChI is InChI=1S/C23H24N4O4S/c1-26-12-14-27(15-13-26)32(30,31)19-9-5-8-18(16-19)24-22(28)20-10-11-21(25-23(20)29)17-6-3-2-4-7-17/h2-11,16H,12-15H2,1H3,(H,24,28)(H,25,29). The summed E-state index contributed by atoms with van der Waals surface area (Å²) < 4.78 is 27.4. The molecule has 1 aliphatic heterocycles. The fraction of sp³-hybridized carbons (Fsp3) is 0.217. The summed E-state index contributed by atoms with van der Waals surface area (Å²) in [6.45, 7) is 2.16. The van der Waals surface area contributed by atoms with Gasteiger partial charge in [0.1, 0.15) is 5.56 Å². The number of aromatic nitrogens is 1. The summed E-state index contributed by atoms with van der Waals surface area (Å²) in [5.74, 6) is -0.611. The van der Waals surface area contributed by atoms with E-state index in [1.807, 2.05) is 37.4 Å². The van der Waals surface area contributed by atoms with Crippen molar-refractivity contribution in [2.24, 2.45) is 0 Å². The zero-order valence-corrected chi connectivity index (χ0v) is 18.4. The highest BCUT2D eigenvalue weighted by molar-refractivity contribution is 7.89. The zero-order valence-electron chi connectivity index (χ0n) is 17.6. The molecule has 0 bridgehead atoms. The van der Waals surface area contributed by atoms with Gasteiger partial charge in [0.15, 0.2) is 0 Å². The first-order valence-corrected chi connectivity index (χ1v) is 11.7. The lowest BCUT2D eigenvalue weighted by Gasteiger charge is -2.31. The minimum atomic E-state index is -3.67. The number of rotatable bonds is 5. The highest BCUT2D eigenvalue weighted by Gasteiger charge is 2.27. The fourth-order valence-electron chi connectivity index (χ4n) is 3.55. The summed E-state index contributed by atoms with van der Waals surface area (Å²) >= 11 is 0. The Hall–Kier alpha value is -3.27. The van der Waals surface area contributed by atoms with Gasteiger partial charge in [-0.15, -0.1) is 0 Å². The van der Waals surface area contributed by atoms with Gasteiger partial charge in [-0.05, 0) is 42.9 Å². The molecule has 1 aliphatic rings. The van der Waals surface area contributed by atoms with Crippen LogP contribution in [-0.2, 0) is 10.0 Å². The molecule has 1 aromatic heterocycles. The maximum Gasteiger partial charge on any atom is 0.261 e. The van der Waals surface area contributed by atoms with Crippen LogP contribution in [0.3, 0.4) is 0 Å². The van der Waals surface area contributed by atoms with Crippen LogP contribution in [-0.4, -0.2) is 61.7 Å². The smallest absolute Gasteiger partial charge is 0.261 e. The van der Waals surface area contributed by atoms with E-state index in [1.165, 1.54) is 22.5 Å². The van der Waals surface area contributed by atoms with Crippen LogP contribution in [0.1, 0.15) is 10.4 Å². The number of hydrogen-bond acceptors (Lipinski definition) is 5. The van der Waals surface area contributed by atoms with Gasteiger partial charge >= 0.3 is 0 Å². The number of benzene rings is 2. The largest absolute Gasteiger partial charge is 0.322 e. The summed E-state index contributed by atoms with van der Waals surface area (Å²) in [4.78, 5) is 30.1. The summed E-state index contributed by atoms with van der Waals surface area (Å²) in [5.41, 5.74) is 1.16. The van der Waals surface area contributed by atoms with Crippen molar-refractivity contribution in [2.45, 2.75) is 4.90 Å². The summed E-state index contributed by atoms with van der Waals surface area (Å²) in [5, 5.41) is 2.63. The molecule has 0 spiro atoms. The number of H-pyrrole nitrogens is 1. The number of hydrogen-bond donors (Lipinski definition) is 2. The predicted molar refractivity (Wildman–Crippen MR) is 123 cm³/mol. The van der Waals surface area contributed by atoms with E-state index in [9.17, 15) is 18.0 Å². The number of likely N-dealkylation sites (N-methyl/N-ethyl adjacent to an activating group) is 1. The normalized spacial score (nSPS) is 15.4. The van der Waals surface area contributed by atoms with Gasteiger partial charge in [-0.3, -0.25) is 9.59 Å². The molecule has 0 saturated carbocycles. The van der Waals surface area contributed by atoms with Gasteiger partial charge in [-0.25, -0.2) is 8.42 Å². The minimum Gasteiger partial charge on any atom is -0.322 e. The molecule has 2 aromatic carbocycles. The molecule has 2 N–H and O–H groups in total. The molecule has 32 heavy (non-hydrogen) atoms. The van der Waals surface area contributed by atoms with Gasteiger partial charge in [0.05, 0.1) is 4.90 Å². The van der Waals surface area contributed by atoms with Crippen LogP contribution in [0.15, 0.2) is 76.4 Å². The summed E-state index contributed by atoms with van der Waals surface area (Å²) in [6, 6.07) is 18.5. The molecule has 1 fully saturated rings. The Kier molecular flexibility index (Phi) is 6.22. The molecule has 8 nitrogen and oxygen atoms in total. The van der Waals surface area contributed by atoms with E-state index in [0.29, 0.717) is 37.6 Å². The van der Waals surface area contributed by atoms with Gasteiger partial charge in [0.25, 0.3) is 11.5 Å². The van der Waals surface area contributed by atoms with E-state index < -0.39 is 21.5 Å². The van der Waals surface area contributed by atoms with Gasteiger partial charge in [-0.2, -0.15) is 4.31 Å². The van der Waals surface area contributed by atoms with Crippen molar-refractivity contribution < 1.29 is 13.2 Å². The van der Waals surface area contributed by atoms with Crippen LogP contribution in [0.5, 0.6) is 0 Å². The predicted octanol–water partition coefficient (Wildman–Crippen LogP) is 2.23. The maximum atomic E-state index is 13.0. The maximum absolute atomic E-state index is 13.0. The van der Waals surface area contributed by atoms with E-state index in [0.717, 1.165) is 5.56 Å². The molecule has 0 aliphatic carbocycles. The fourth-order valence-corrected chi connectivity index (χ4v) is 5.02. The highest BCUT2D eigenvalue weighted by Crippen LogP contribution is 2.21. The molecular weight excluding hydrogens is 428 g/mol. The molecule has 166 valence electrons. The summed E-state index contributed by atoms with van der Waals surface area (Å²) in [6.07, 6.45) is 0. The highest BCUT2D eigenvalue weighted by atomic mass is 32.2. The number of nitrogens with zero attached hydrogens (tertiary/aromatic N) is 2. The van der Waals surface area contributed by atoms with E-state index in [1.54, 1.807) is 18.2 Å². The quantitative estimate of drug-likeness (QED) is 0.618. The van der Waals surface area contributed by atoms with Crippen LogP contribution in [0.2, 0.25) is 0 Å². The van der Waals surface area contributed by atoms with Crippen molar-refractivity contribution in [1.82, 2.24) is 14.2 Å². The van der Waals surface area contributed by atoms with E-state index in [2.05, 4.69) is 15.2 Å². The molecule has 3 aromatic rings. The molecule has 2 heterocycles. The van der Waals surface area contributed by atoms with E-state index >= 15 is 0 Å². The molecule has 0 atom stereocenters. The monoisotopic (exact) mass is 452 g/mol. The van der Waals surface area contributed by atoms with Crippen molar-refractivity contribution in [3.63, 3.8) is 0 Å². The zero-order chi connectivity index (χ0) is 22.7. The van der Waals surface area contributed by atoms with Gasteiger partial charge in [0, 0.05) is 37.6 Å². The molecule has 0 unspecified atom stereocenters. The average molecular weight is 453 g/mol. The average Bonchev–Trinajstić information content (AvgIpc) is 2.80. The first kappa shape index (κ1) is 21.9. The Morgan fingerprint density at radius 2 is 1.66 bits per heavy atom. The minimum absolute atomic E-state index is 0.0583. The third-order valence-corrected chi connectivity index (χ3v) is 7.33. The Balaban J connectivity index is 1.53. The SMILES string of the molecule is CN1CCN(S(=O)(=O)c2cccc(NC(=O)c3ccc(-c4ccccc4)[nH]c3=O)c2)CC1. The van der Waals surface area contributed by atoms with Gasteiger partial charge in [-0.1, -0.05) is 36.4 Å². The lowest BCUT2D eigenvalue weighted by molar-refractivity contribution is 0.102. The van der Waals surface area contributed by atoms with Crippen LogP contribution >= 0.6 is 0 Å².